The number of halogens is 1. The minimum Gasteiger partial charge on any atom is -0.478 e. The van der Waals surface area contributed by atoms with Crippen LogP contribution in [0, 0.1) is 5.82 Å². The minimum atomic E-state index is -3.61. The summed E-state index contributed by atoms with van der Waals surface area (Å²) in [6, 6.07) is 3.29. The second kappa shape index (κ2) is 5.11. The standard InChI is InChI=1S/C9H11FN2O4S/c10-7-5-6(9(13)14)1-2-8(7)12-3-4-17(11,15)16/h1-2,5,12H,3-4H2,(H,13,14)(H2,11,15,16). The van der Waals surface area contributed by atoms with Crippen LogP contribution in [0.1, 0.15) is 10.4 Å². The summed E-state index contributed by atoms with van der Waals surface area (Å²) in [6.07, 6.45) is 0. The van der Waals surface area contributed by atoms with Gasteiger partial charge in [0.05, 0.1) is 17.0 Å². The number of rotatable bonds is 5. The van der Waals surface area contributed by atoms with Crippen LogP contribution in [0.15, 0.2) is 18.2 Å². The van der Waals surface area contributed by atoms with Crippen molar-refractivity contribution in [3.8, 4) is 0 Å². The van der Waals surface area contributed by atoms with Gasteiger partial charge >= 0.3 is 5.97 Å². The molecule has 94 valence electrons. The highest BCUT2D eigenvalue weighted by atomic mass is 32.2. The number of carboxylic acid groups (broad SMARTS) is 1. The Balaban J connectivity index is 2.70. The summed E-state index contributed by atoms with van der Waals surface area (Å²) in [6.45, 7) is -0.0534. The minimum absolute atomic E-state index is 0.0265. The van der Waals surface area contributed by atoms with E-state index < -0.39 is 21.8 Å². The van der Waals surface area contributed by atoms with Gasteiger partial charge in [-0.1, -0.05) is 0 Å². The Morgan fingerprint density at radius 2 is 2.12 bits per heavy atom. The summed E-state index contributed by atoms with van der Waals surface area (Å²) in [5.41, 5.74) is -0.154. The molecule has 4 N–H and O–H groups in total. The fraction of sp³-hybridized carbons (Fsp3) is 0.222. The van der Waals surface area contributed by atoms with E-state index in [1.807, 2.05) is 0 Å². The van der Waals surface area contributed by atoms with Crippen molar-refractivity contribution in [2.24, 2.45) is 5.14 Å². The SMILES string of the molecule is NS(=O)(=O)CCNc1ccc(C(=O)O)cc1F. The number of nitrogens with two attached hydrogens (primary N) is 1. The van der Waals surface area contributed by atoms with Crippen LogP contribution in [0.3, 0.4) is 0 Å². The first kappa shape index (κ1) is 13.4. The van der Waals surface area contributed by atoms with Gasteiger partial charge in [0, 0.05) is 6.54 Å². The lowest BCUT2D eigenvalue weighted by Crippen LogP contribution is -2.22. The summed E-state index contributed by atoms with van der Waals surface area (Å²) >= 11 is 0. The van der Waals surface area contributed by atoms with E-state index in [0.29, 0.717) is 0 Å². The highest BCUT2D eigenvalue weighted by Gasteiger charge is 2.08. The summed E-state index contributed by atoms with van der Waals surface area (Å²) < 4.78 is 34.6. The number of carboxylic acids is 1. The van der Waals surface area contributed by atoms with Crippen LogP contribution in [-0.4, -0.2) is 31.8 Å². The second-order valence-electron chi connectivity index (χ2n) is 3.29. The van der Waals surface area contributed by atoms with Gasteiger partial charge in [0.25, 0.3) is 0 Å². The molecule has 0 heterocycles. The number of nitrogens with one attached hydrogen (secondary N) is 1. The molecule has 0 atom stereocenters. The molecule has 1 rings (SSSR count). The smallest absolute Gasteiger partial charge is 0.335 e. The Kier molecular flexibility index (Phi) is 4.02. The van der Waals surface area contributed by atoms with Crippen molar-refractivity contribution in [3.05, 3.63) is 29.6 Å². The fourth-order valence-corrected chi connectivity index (χ4v) is 1.51. The Hall–Kier alpha value is -1.67. The zero-order valence-electron chi connectivity index (χ0n) is 8.68. The van der Waals surface area contributed by atoms with Crippen molar-refractivity contribution in [1.82, 2.24) is 0 Å². The van der Waals surface area contributed by atoms with Gasteiger partial charge in [0.1, 0.15) is 5.82 Å². The van der Waals surface area contributed by atoms with Crippen LogP contribution in [-0.2, 0) is 10.0 Å². The van der Waals surface area contributed by atoms with Crippen LogP contribution in [0.2, 0.25) is 0 Å². The van der Waals surface area contributed by atoms with Crippen LogP contribution in [0.5, 0.6) is 0 Å². The topological polar surface area (TPSA) is 109 Å². The lowest BCUT2D eigenvalue weighted by Gasteiger charge is -2.07. The number of anilines is 1. The Morgan fingerprint density at radius 3 is 2.59 bits per heavy atom. The van der Waals surface area contributed by atoms with Gasteiger partial charge in [0.2, 0.25) is 10.0 Å². The highest BCUT2D eigenvalue weighted by Crippen LogP contribution is 2.15. The number of primary sulfonamides is 1. The molecule has 0 spiro atoms. The molecule has 0 saturated heterocycles. The van der Waals surface area contributed by atoms with Crippen molar-refractivity contribution in [3.63, 3.8) is 0 Å². The van der Waals surface area contributed by atoms with Gasteiger partial charge in [-0.15, -0.1) is 0 Å². The van der Waals surface area contributed by atoms with Crippen LogP contribution in [0.4, 0.5) is 10.1 Å². The van der Waals surface area contributed by atoms with Crippen molar-refractivity contribution in [2.75, 3.05) is 17.6 Å². The molecule has 0 aliphatic rings. The summed E-state index contributed by atoms with van der Waals surface area (Å²) in [4.78, 5) is 10.5. The molecule has 0 saturated carbocycles. The molecule has 6 nitrogen and oxygen atoms in total. The molecule has 0 aliphatic heterocycles. The first-order valence-corrected chi connectivity index (χ1v) is 6.28. The molecule has 0 radical (unpaired) electrons. The van der Waals surface area contributed by atoms with E-state index in [1.54, 1.807) is 0 Å². The molecule has 0 aliphatic carbocycles. The van der Waals surface area contributed by atoms with E-state index in [1.165, 1.54) is 12.1 Å². The molecule has 1 aromatic carbocycles. The van der Waals surface area contributed by atoms with Crippen LogP contribution in [0.25, 0.3) is 0 Å². The molecule has 0 fully saturated rings. The molecular formula is C9H11FN2O4S. The van der Waals surface area contributed by atoms with E-state index in [0.717, 1.165) is 6.07 Å². The Morgan fingerprint density at radius 1 is 1.47 bits per heavy atom. The Bertz CT molecular complexity index is 530. The average Bonchev–Trinajstić information content (AvgIpc) is 2.18. The van der Waals surface area contributed by atoms with E-state index in [4.69, 9.17) is 10.2 Å². The van der Waals surface area contributed by atoms with Crippen molar-refractivity contribution < 1.29 is 22.7 Å². The quantitative estimate of drug-likeness (QED) is 0.703. The summed E-state index contributed by atoms with van der Waals surface area (Å²) in [7, 11) is -3.61. The van der Waals surface area contributed by atoms with Crippen molar-refractivity contribution >= 4 is 21.7 Å². The molecule has 0 aromatic heterocycles. The van der Waals surface area contributed by atoms with Gasteiger partial charge in [-0.25, -0.2) is 22.7 Å². The van der Waals surface area contributed by atoms with Gasteiger partial charge in [0.15, 0.2) is 0 Å². The van der Waals surface area contributed by atoms with E-state index in [2.05, 4.69) is 5.32 Å². The summed E-state index contributed by atoms with van der Waals surface area (Å²) in [5, 5.41) is 15.9. The van der Waals surface area contributed by atoms with Crippen LogP contribution >= 0.6 is 0 Å². The molecule has 0 unspecified atom stereocenters. The number of aromatic carboxylic acids is 1. The third-order valence-corrected chi connectivity index (χ3v) is 2.69. The molecule has 0 amide bonds. The normalized spacial score (nSPS) is 11.2. The lowest BCUT2D eigenvalue weighted by molar-refractivity contribution is 0.0696. The predicted molar refractivity (Wildman–Crippen MR) is 59.8 cm³/mol. The van der Waals surface area contributed by atoms with Gasteiger partial charge in [-0.05, 0) is 18.2 Å². The van der Waals surface area contributed by atoms with E-state index in [-0.39, 0.29) is 23.5 Å². The first-order chi connectivity index (χ1) is 7.79. The third-order valence-electron chi connectivity index (χ3n) is 1.92. The van der Waals surface area contributed by atoms with E-state index in [9.17, 15) is 17.6 Å². The first-order valence-electron chi connectivity index (χ1n) is 4.57. The second-order valence-corrected chi connectivity index (χ2v) is 5.03. The number of benzene rings is 1. The zero-order valence-corrected chi connectivity index (χ0v) is 9.50. The monoisotopic (exact) mass is 262 g/mol. The number of hydrogen-bond donors (Lipinski definition) is 3. The van der Waals surface area contributed by atoms with Crippen LogP contribution < -0.4 is 10.5 Å². The van der Waals surface area contributed by atoms with Gasteiger partial charge in [-0.2, -0.15) is 0 Å². The molecule has 8 heteroatoms. The largest absolute Gasteiger partial charge is 0.478 e. The number of sulfonamides is 1. The van der Waals surface area contributed by atoms with Gasteiger partial charge in [-0.3, -0.25) is 0 Å². The van der Waals surface area contributed by atoms with E-state index >= 15 is 0 Å². The molecular weight excluding hydrogens is 251 g/mol. The maximum Gasteiger partial charge on any atom is 0.335 e. The molecule has 17 heavy (non-hydrogen) atoms. The van der Waals surface area contributed by atoms with Crippen molar-refractivity contribution in [1.29, 1.82) is 0 Å². The summed E-state index contributed by atoms with van der Waals surface area (Å²) in [5.74, 6) is -2.34. The Labute approximate surface area is 97.3 Å². The lowest BCUT2D eigenvalue weighted by atomic mass is 10.2. The number of carbonyl (C=O) groups is 1. The zero-order chi connectivity index (χ0) is 13.1. The maximum atomic E-state index is 13.3. The van der Waals surface area contributed by atoms with Crippen molar-refractivity contribution in [2.45, 2.75) is 0 Å². The highest BCUT2D eigenvalue weighted by molar-refractivity contribution is 7.89. The predicted octanol–water partition coefficient (Wildman–Crippen LogP) is 0.224. The average molecular weight is 262 g/mol. The maximum absolute atomic E-state index is 13.3. The fourth-order valence-electron chi connectivity index (χ4n) is 1.12. The number of hydrogen-bond acceptors (Lipinski definition) is 4. The van der Waals surface area contributed by atoms with Gasteiger partial charge < -0.3 is 10.4 Å². The molecule has 0 bridgehead atoms. The third kappa shape index (κ3) is 4.37. The molecule has 1 aromatic rings.